The second kappa shape index (κ2) is 14.2. The predicted octanol–water partition coefficient (Wildman–Crippen LogP) is 6.24. The number of carbonyl (C=O) groups excluding carboxylic acids is 3. The summed E-state index contributed by atoms with van der Waals surface area (Å²) in [5.41, 5.74) is 1.69. The van der Waals surface area contributed by atoms with Crippen molar-refractivity contribution in [2.24, 2.45) is 0 Å². The van der Waals surface area contributed by atoms with Gasteiger partial charge in [0.15, 0.2) is 11.5 Å². The number of nitrogens with one attached hydrogen (secondary N) is 3. The number of nitro groups is 1. The molecule has 1 aliphatic heterocycles. The summed E-state index contributed by atoms with van der Waals surface area (Å²) >= 11 is 1.35. The lowest BCUT2D eigenvalue weighted by Crippen LogP contribution is -2.30. The number of hydrogen-bond donors (Lipinski definition) is 3. The second-order valence-electron chi connectivity index (χ2n) is 9.78. The zero-order chi connectivity index (χ0) is 31.8. The van der Waals surface area contributed by atoms with E-state index in [4.69, 9.17) is 9.47 Å². The Morgan fingerprint density at radius 1 is 0.889 bits per heavy atom. The van der Waals surface area contributed by atoms with Gasteiger partial charge in [-0.05, 0) is 72.7 Å². The third-order valence-corrected chi connectivity index (χ3v) is 7.98. The molecule has 0 saturated carbocycles. The lowest BCUT2D eigenvalue weighted by atomic mass is 10.1. The van der Waals surface area contributed by atoms with Crippen LogP contribution in [0, 0.1) is 10.1 Å². The Balaban J connectivity index is 1.30. The molecule has 1 aliphatic rings. The smallest absolute Gasteiger partial charge is 0.272 e. The number of nitrogens with zero attached hydrogens (tertiary/aromatic N) is 1. The molecule has 3 amide bonds. The maximum Gasteiger partial charge on any atom is 0.272 e. The number of fused-ring (bicyclic) bond motifs is 1. The minimum atomic E-state index is -0.604. The Morgan fingerprint density at radius 2 is 1.62 bits per heavy atom. The van der Waals surface area contributed by atoms with Gasteiger partial charge in [-0.3, -0.25) is 24.5 Å². The van der Waals surface area contributed by atoms with Gasteiger partial charge in [0.1, 0.15) is 5.70 Å². The lowest BCUT2D eigenvalue weighted by molar-refractivity contribution is -0.384. The normalized spacial score (nSPS) is 12.6. The van der Waals surface area contributed by atoms with Crippen molar-refractivity contribution in [3.8, 4) is 11.5 Å². The van der Waals surface area contributed by atoms with E-state index in [9.17, 15) is 24.5 Å². The number of ether oxygens (including phenoxy) is 2. The van der Waals surface area contributed by atoms with E-state index in [-0.39, 0.29) is 24.1 Å². The molecule has 3 N–H and O–H groups in total. The highest BCUT2D eigenvalue weighted by molar-refractivity contribution is 8.00. The van der Waals surface area contributed by atoms with Crippen molar-refractivity contribution in [3.05, 3.63) is 124 Å². The molecule has 11 nitrogen and oxygen atoms in total. The molecular weight excluding hydrogens is 596 g/mol. The van der Waals surface area contributed by atoms with E-state index in [0.717, 1.165) is 4.90 Å². The summed E-state index contributed by atoms with van der Waals surface area (Å²) in [6, 6.07) is 26.2. The number of hydrogen-bond acceptors (Lipinski definition) is 8. The number of benzene rings is 4. The Morgan fingerprint density at radius 3 is 2.36 bits per heavy atom. The molecule has 0 radical (unpaired) electrons. The van der Waals surface area contributed by atoms with Crippen molar-refractivity contribution in [1.82, 2.24) is 5.32 Å². The van der Waals surface area contributed by atoms with E-state index >= 15 is 0 Å². The second-order valence-corrected chi connectivity index (χ2v) is 11.1. The van der Waals surface area contributed by atoms with Gasteiger partial charge >= 0.3 is 0 Å². The largest absolute Gasteiger partial charge is 0.454 e. The van der Waals surface area contributed by atoms with Gasteiger partial charge in [0.05, 0.1) is 10.2 Å². The van der Waals surface area contributed by atoms with E-state index in [1.54, 1.807) is 66.7 Å². The Labute approximate surface area is 262 Å². The monoisotopic (exact) mass is 624 g/mol. The number of carbonyl (C=O) groups is 3. The molecule has 0 bridgehead atoms. The first-order valence-electron chi connectivity index (χ1n) is 13.9. The number of thioether (sulfide) groups is 1. The van der Waals surface area contributed by atoms with Crippen LogP contribution in [0.3, 0.4) is 0 Å². The van der Waals surface area contributed by atoms with Crippen LogP contribution in [0.25, 0.3) is 6.08 Å². The summed E-state index contributed by atoms with van der Waals surface area (Å²) in [6.07, 6.45) is 1.98. The standard InChI is InChI=1S/C33H28N4O7S/c1-2-30(33(40)35-24-13-16-28-29(19-24)44-20-43-28)45-26-10-6-9-23(18-26)34-32(39)27(36-31(38)22-7-4-3-5-8-22)17-21-11-14-25(15-12-21)37(41)42/h3-19,30H,2,20H2,1H3,(H,34,39)(H,35,40)(H,36,38)/b27-17+. The third-order valence-electron chi connectivity index (χ3n) is 6.62. The van der Waals surface area contributed by atoms with E-state index in [2.05, 4.69) is 16.0 Å². The van der Waals surface area contributed by atoms with Crippen LogP contribution in [0.2, 0.25) is 0 Å². The van der Waals surface area contributed by atoms with Crippen LogP contribution in [0.4, 0.5) is 17.1 Å². The molecule has 0 aliphatic carbocycles. The van der Waals surface area contributed by atoms with Crippen molar-refractivity contribution in [2.75, 3.05) is 17.4 Å². The number of nitro benzene ring substituents is 1. The van der Waals surface area contributed by atoms with E-state index in [1.165, 1.54) is 42.1 Å². The Kier molecular flexibility index (Phi) is 9.75. The van der Waals surface area contributed by atoms with Crippen molar-refractivity contribution < 1.29 is 28.8 Å². The highest BCUT2D eigenvalue weighted by Crippen LogP contribution is 2.35. The fourth-order valence-electron chi connectivity index (χ4n) is 4.33. The van der Waals surface area contributed by atoms with E-state index in [1.807, 2.05) is 13.0 Å². The van der Waals surface area contributed by atoms with Crippen LogP contribution in [-0.2, 0) is 9.59 Å². The van der Waals surface area contributed by atoms with Crippen LogP contribution in [0.1, 0.15) is 29.3 Å². The van der Waals surface area contributed by atoms with Gasteiger partial charge in [-0.2, -0.15) is 0 Å². The average molecular weight is 625 g/mol. The minimum absolute atomic E-state index is 0.0645. The summed E-state index contributed by atoms with van der Waals surface area (Å²) < 4.78 is 10.7. The third kappa shape index (κ3) is 8.06. The molecule has 0 fully saturated rings. The van der Waals surface area contributed by atoms with Gasteiger partial charge in [0.2, 0.25) is 12.7 Å². The molecular formula is C33H28N4O7S. The molecule has 1 heterocycles. The number of amides is 3. The van der Waals surface area contributed by atoms with Gasteiger partial charge < -0.3 is 25.4 Å². The highest BCUT2D eigenvalue weighted by atomic mass is 32.2. The van der Waals surface area contributed by atoms with Gasteiger partial charge in [0, 0.05) is 40.0 Å². The number of anilines is 2. The summed E-state index contributed by atoms with van der Waals surface area (Å²) in [5.74, 6) is -0.0971. The molecule has 12 heteroatoms. The van der Waals surface area contributed by atoms with Crippen molar-refractivity contribution >= 4 is 52.6 Å². The molecule has 4 aromatic carbocycles. The van der Waals surface area contributed by atoms with Crippen LogP contribution >= 0.6 is 11.8 Å². The van der Waals surface area contributed by atoms with Crippen molar-refractivity contribution in [2.45, 2.75) is 23.5 Å². The predicted molar refractivity (Wildman–Crippen MR) is 171 cm³/mol. The van der Waals surface area contributed by atoms with Crippen LogP contribution in [0.15, 0.2) is 108 Å². The summed E-state index contributed by atoms with van der Waals surface area (Å²) in [4.78, 5) is 50.7. The first-order valence-corrected chi connectivity index (χ1v) is 14.8. The first-order chi connectivity index (χ1) is 21.8. The van der Waals surface area contributed by atoms with E-state index < -0.39 is 22.0 Å². The van der Waals surface area contributed by atoms with E-state index in [0.29, 0.717) is 40.4 Å². The fraction of sp³-hybridized carbons (Fsp3) is 0.121. The molecule has 0 saturated heterocycles. The average Bonchev–Trinajstić information content (AvgIpc) is 3.52. The zero-order valence-electron chi connectivity index (χ0n) is 24.0. The molecule has 228 valence electrons. The fourth-order valence-corrected chi connectivity index (χ4v) is 5.34. The summed E-state index contributed by atoms with van der Waals surface area (Å²) in [7, 11) is 0. The number of rotatable bonds is 11. The molecule has 5 rings (SSSR count). The number of non-ortho nitro benzene ring substituents is 1. The van der Waals surface area contributed by atoms with Crippen LogP contribution < -0.4 is 25.4 Å². The molecule has 0 spiro atoms. The first kappa shape index (κ1) is 30.8. The van der Waals surface area contributed by atoms with Crippen molar-refractivity contribution in [1.29, 1.82) is 0 Å². The molecule has 1 atom stereocenters. The van der Waals surface area contributed by atoms with Gasteiger partial charge in [-0.1, -0.05) is 31.2 Å². The maximum atomic E-state index is 13.4. The van der Waals surface area contributed by atoms with Gasteiger partial charge in [-0.25, -0.2) is 0 Å². The lowest BCUT2D eigenvalue weighted by Gasteiger charge is -2.16. The highest BCUT2D eigenvalue weighted by Gasteiger charge is 2.21. The molecule has 4 aromatic rings. The summed E-state index contributed by atoms with van der Waals surface area (Å²) in [6.45, 7) is 2.05. The molecule has 1 unspecified atom stereocenters. The summed E-state index contributed by atoms with van der Waals surface area (Å²) in [5, 5.41) is 19.0. The Bertz CT molecular complexity index is 1760. The van der Waals surface area contributed by atoms with Crippen LogP contribution in [-0.4, -0.2) is 34.7 Å². The zero-order valence-corrected chi connectivity index (χ0v) is 24.8. The molecule has 45 heavy (non-hydrogen) atoms. The molecule has 0 aromatic heterocycles. The minimum Gasteiger partial charge on any atom is -0.454 e. The van der Waals surface area contributed by atoms with Crippen molar-refractivity contribution in [3.63, 3.8) is 0 Å². The topological polar surface area (TPSA) is 149 Å². The maximum absolute atomic E-state index is 13.4. The quantitative estimate of drug-likeness (QED) is 0.0768. The van der Waals surface area contributed by atoms with Crippen LogP contribution in [0.5, 0.6) is 11.5 Å². The van der Waals surface area contributed by atoms with Gasteiger partial charge in [0.25, 0.3) is 17.5 Å². The Hall–Kier alpha value is -5.62. The SMILES string of the molecule is CCC(Sc1cccc(NC(=O)/C(=C\c2ccc([N+](=O)[O-])cc2)NC(=O)c2ccccc2)c1)C(=O)Nc1ccc2c(c1)OCO2. The van der Waals surface area contributed by atoms with Gasteiger partial charge in [-0.15, -0.1) is 11.8 Å².